The van der Waals surface area contributed by atoms with Crippen molar-refractivity contribution in [3.63, 3.8) is 0 Å². The van der Waals surface area contributed by atoms with E-state index in [2.05, 4.69) is 4.74 Å². The summed E-state index contributed by atoms with van der Waals surface area (Å²) in [5.41, 5.74) is 1.02. The van der Waals surface area contributed by atoms with E-state index in [9.17, 15) is 18.0 Å². The molecule has 0 fully saturated rings. The Balaban J connectivity index is 2.41. The molecule has 21 heavy (non-hydrogen) atoms. The van der Waals surface area contributed by atoms with Gasteiger partial charge in [0.15, 0.2) is 0 Å². The monoisotopic (exact) mass is 334 g/mol. The Morgan fingerprint density at radius 2 is 1.71 bits per heavy atom. The average molecular weight is 335 g/mol. The first-order chi connectivity index (χ1) is 9.76. The summed E-state index contributed by atoms with van der Waals surface area (Å²) < 4.78 is 40.4. The van der Waals surface area contributed by atoms with Crippen molar-refractivity contribution in [2.45, 2.75) is 6.36 Å². The van der Waals surface area contributed by atoms with Crippen LogP contribution in [0.2, 0.25) is 5.02 Å². The summed E-state index contributed by atoms with van der Waals surface area (Å²) in [6, 6.07) is 9.80. The quantitative estimate of drug-likeness (QED) is 0.713. The molecule has 2 rings (SSSR count). The van der Waals surface area contributed by atoms with Gasteiger partial charge in [0.2, 0.25) is 0 Å². The van der Waals surface area contributed by atoms with Gasteiger partial charge >= 0.3 is 6.36 Å². The second-order valence-corrected chi connectivity index (χ2v) is 4.79. The van der Waals surface area contributed by atoms with Crippen LogP contribution in [0.1, 0.15) is 10.4 Å². The topological polar surface area (TPSA) is 26.3 Å². The molecule has 0 radical (unpaired) electrons. The first-order valence-electron chi connectivity index (χ1n) is 5.62. The van der Waals surface area contributed by atoms with Gasteiger partial charge in [0, 0.05) is 0 Å². The van der Waals surface area contributed by atoms with Crippen LogP contribution in [0.5, 0.6) is 5.75 Å². The molecule has 0 amide bonds. The summed E-state index contributed by atoms with van der Waals surface area (Å²) in [5.74, 6) is -0.353. The molecule has 0 aromatic heterocycles. The number of alkyl halides is 3. The maximum Gasteiger partial charge on any atom is 0.573 e. The average Bonchev–Trinajstić information content (AvgIpc) is 2.37. The third kappa shape index (κ3) is 4.12. The van der Waals surface area contributed by atoms with Crippen LogP contribution in [-0.2, 0) is 0 Å². The van der Waals surface area contributed by atoms with E-state index >= 15 is 0 Å². The Morgan fingerprint density at radius 3 is 2.33 bits per heavy atom. The molecule has 0 saturated heterocycles. The first-order valence-corrected chi connectivity index (χ1v) is 6.37. The van der Waals surface area contributed by atoms with E-state index in [0.29, 0.717) is 11.1 Å². The highest BCUT2D eigenvalue weighted by Crippen LogP contribution is 2.30. The number of ether oxygens (including phenoxy) is 1. The van der Waals surface area contributed by atoms with Crippen molar-refractivity contribution in [2.75, 3.05) is 0 Å². The van der Waals surface area contributed by atoms with Gasteiger partial charge in [-0.2, -0.15) is 0 Å². The fourth-order valence-electron chi connectivity index (χ4n) is 1.73. The largest absolute Gasteiger partial charge is 0.573 e. The Kier molecular flexibility index (Phi) is 4.44. The molecule has 0 bridgehead atoms. The number of benzene rings is 2. The van der Waals surface area contributed by atoms with Crippen molar-refractivity contribution >= 4 is 28.4 Å². The van der Waals surface area contributed by atoms with Crippen LogP contribution in [-0.4, -0.2) is 11.6 Å². The molecule has 0 N–H and O–H groups in total. The van der Waals surface area contributed by atoms with E-state index in [0.717, 1.165) is 0 Å². The molecular weight excluding hydrogens is 328 g/mol. The summed E-state index contributed by atoms with van der Waals surface area (Å²) in [7, 11) is 0. The van der Waals surface area contributed by atoms with Gasteiger partial charge in [0.1, 0.15) is 5.75 Å². The molecule has 0 heterocycles. The number of hydrogen-bond donors (Lipinski definition) is 0. The van der Waals surface area contributed by atoms with E-state index < -0.39 is 11.6 Å². The summed E-state index contributed by atoms with van der Waals surface area (Å²) in [6.45, 7) is 0. The number of rotatable bonds is 3. The zero-order valence-electron chi connectivity index (χ0n) is 10.2. The molecule has 2 aromatic rings. The van der Waals surface area contributed by atoms with Crippen molar-refractivity contribution in [3.8, 4) is 16.9 Å². The first kappa shape index (κ1) is 15.7. The van der Waals surface area contributed by atoms with Gasteiger partial charge in [0.25, 0.3) is 5.24 Å². The highest BCUT2D eigenvalue weighted by atomic mass is 35.5. The van der Waals surface area contributed by atoms with Gasteiger partial charge in [-0.25, -0.2) is 0 Å². The Morgan fingerprint density at radius 1 is 1.05 bits per heavy atom. The van der Waals surface area contributed by atoms with Crippen molar-refractivity contribution in [1.29, 1.82) is 0 Å². The lowest BCUT2D eigenvalue weighted by Gasteiger charge is -2.10. The van der Waals surface area contributed by atoms with Crippen LogP contribution in [0.25, 0.3) is 11.1 Å². The molecule has 0 spiro atoms. The molecule has 0 atom stereocenters. The van der Waals surface area contributed by atoms with Crippen LogP contribution in [0.15, 0.2) is 42.5 Å². The van der Waals surface area contributed by atoms with E-state index in [1.807, 2.05) is 0 Å². The smallest absolute Gasteiger partial charge is 0.406 e. The molecule has 0 saturated carbocycles. The van der Waals surface area contributed by atoms with E-state index in [-0.39, 0.29) is 16.3 Å². The van der Waals surface area contributed by atoms with Gasteiger partial charge in [-0.15, -0.1) is 13.2 Å². The molecule has 0 aliphatic carbocycles. The lowest BCUT2D eigenvalue weighted by atomic mass is 10.0. The fraction of sp³-hybridized carbons (Fsp3) is 0.0714. The molecule has 0 aliphatic heterocycles. The predicted molar refractivity (Wildman–Crippen MR) is 73.8 cm³/mol. The van der Waals surface area contributed by atoms with E-state index in [4.69, 9.17) is 23.2 Å². The molecule has 110 valence electrons. The van der Waals surface area contributed by atoms with Crippen LogP contribution in [0.4, 0.5) is 13.2 Å². The number of carbonyl (C=O) groups is 1. The third-order valence-electron chi connectivity index (χ3n) is 2.58. The molecule has 2 nitrogen and oxygen atoms in total. The zero-order chi connectivity index (χ0) is 15.6. The minimum Gasteiger partial charge on any atom is -0.406 e. The fourth-order valence-corrected chi connectivity index (χ4v) is 2.14. The Hall–Kier alpha value is -1.72. The van der Waals surface area contributed by atoms with Gasteiger partial charge in [-0.3, -0.25) is 4.79 Å². The second kappa shape index (κ2) is 5.95. The van der Waals surface area contributed by atoms with Crippen molar-refractivity contribution in [3.05, 3.63) is 53.1 Å². The molecular formula is C14H7Cl2F3O2. The summed E-state index contributed by atoms with van der Waals surface area (Å²) in [4.78, 5) is 11.2. The Labute approximate surface area is 128 Å². The molecule has 2 aromatic carbocycles. The lowest BCUT2D eigenvalue weighted by molar-refractivity contribution is -0.274. The molecule has 0 aliphatic rings. The summed E-state index contributed by atoms with van der Waals surface area (Å²) in [5, 5.41) is -0.578. The van der Waals surface area contributed by atoms with Crippen LogP contribution < -0.4 is 4.74 Å². The number of halogens is 5. The standard InChI is InChI=1S/C14H7Cl2F3O2/c15-12-5-4-9(7-11(12)13(16)20)8-2-1-3-10(6-8)21-14(17,18)19/h1-7H. The normalized spacial score (nSPS) is 11.3. The SMILES string of the molecule is O=C(Cl)c1cc(-c2cccc(OC(F)(F)F)c2)ccc1Cl. The highest BCUT2D eigenvalue weighted by Gasteiger charge is 2.31. The van der Waals surface area contributed by atoms with Crippen molar-refractivity contribution in [1.82, 2.24) is 0 Å². The molecule has 7 heteroatoms. The molecule has 0 unspecified atom stereocenters. The highest BCUT2D eigenvalue weighted by molar-refractivity contribution is 6.68. The lowest BCUT2D eigenvalue weighted by Crippen LogP contribution is -2.17. The number of carbonyl (C=O) groups excluding carboxylic acids is 1. The van der Waals surface area contributed by atoms with Crippen LogP contribution >= 0.6 is 23.2 Å². The predicted octanol–water partition coefficient (Wildman–Crippen LogP) is 5.28. The summed E-state index contributed by atoms with van der Waals surface area (Å²) in [6.07, 6.45) is -4.77. The van der Waals surface area contributed by atoms with Crippen LogP contribution in [0, 0.1) is 0 Å². The maximum atomic E-state index is 12.2. The van der Waals surface area contributed by atoms with Crippen molar-refractivity contribution < 1.29 is 22.7 Å². The van der Waals surface area contributed by atoms with Crippen molar-refractivity contribution in [2.24, 2.45) is 0 Å². The van der Waals surface area contributed by atoms with Gasteiger partial charge in [-0.1, -0.05) is 29.8 Å². The second-order valence-electron chi connectivity index (χ2n) is 4.04. The minimum absolute atomic E-state index is 0.0815. The van der Waals surface area contributed by atoms with Gasteiger partial charge < -0.3 is 4.74 Å². The maximum absolute atomic E-state index is 12.2. The third-order valence-corrected chi connectivity index (χ3v) is 3.11. The Bertz CT molecular complexity index is 684. The number of hydrogen-bond acceptors (Lipinski definition) is 2. The minimum atomic E-state index is -4.77. The summed E-state index contributed by atoms with van der Waals surface area (Å²) >= 11 is 11.2. The van der Waals surface area contributed by atoms with E-state index in [1.165, 1.54) is 30.3 Å². The van der Waals surface area contributed by atoms with Gasteiger partial charge in [0.05, 0.1) is 10.6 Å². The zero-order valence-corrected chi connectivity index (χ0v) is 11.8. The van der Waals surface area contributed by atoms with Crippen LogP contribution in [0.3, 0.4) is 0 Å². The van der Waals surface area contributed by atoms with E-state index in [1.54, 1.807) is 12.1 Å². The van der Waals surface area contributed by atoms with Gasteiger partial charge in [-0.05, 0) is 47.0 Å².